The lowest BCUT2D eigenvalue weighted by atomic mass is 9.89. The Morgan fingerprint density at radius 3 is 2.32 bits per heavy atom. The third kappa shape index (κ3) is 5.99. The summed E-state index contributed by atoms with van der Waals surface area (Å²) >= 11 is 0. The number of nitrogens with zero attached hydrogens (tertiary/aromatic N) is 3. The molecule has 1 N–H and O–H groups in total. The standard InChI is InChI=1S/C28H32N4O4S/c1-19-7-8-22(18-25(19)30-27(33)24-6-5-15-29-26(24)31(2)3)28(34)32-16-13-21(14-17-32)20-9-11-23(12-10-20)37(4,35)36/h5-12,15,18,21H,13-14,16-17H2,1-4H3,(H,30,33). The van der Waals surface area contributed by atoms with Gasteiger partial charge in [0.1, 0.15) is 5.82 Å². The fourth-order valence-electron chi connectivity index (χ4n) is 4.60. The molecule has 9 heteroatoms. The van der Waals surface area contributed by atoms with Crippen molar-refractivity contribution >= 4 is 33.2 Å². The highest BCUT2D eigenvalue weighted by atomic mass is 32.2. The first kappa shape index (κ1) is 26.3. The highest BCUT2D eigenvalue weighted by molar-refractivity contribution is 7.90. The molecule has 8 nitrogen and oxygen atoms in total. The molecule has 1 aliphatic rings. The summed E-state index contributed by atoms with van der Waals surface area (Å²) in [7, 11) is 0.440. The molecule has 0 spiro atoms. The van der Waals surface area contributed by atoms with Gasteiger partial charge in [-0.15, -0.1) is 0 Å². The molecule has 2 heterocycles. The topological polar surface area (TPSA) is 99.7 Å². The Kier molecular flexibility index (Phi) is 7.63. The minimum absolute atomic E-state index is 0.0725. The van der Waals surface area contributed by atoms with Gasteiger partial charge in [0.15, 0.2) is 9.84 Å². The molecule has 0 aliphatic carbocycles. The van der Waals surface area contributed by atoms with E-state index in [9.17, 15) is 18.0 Å². The molecule has 0 atom stereocenters. The van der Waals surface area contributed by atoms with Crippen molar-refractivity contribution in [3.63, 3.8) is 0 Å². The predicted octanol–water partition coefficient (Wildman–Crippen LogP) is 4.13. The van der Waals surface area contributed by atoms with Gasteiger partial charge in [-0.25, -0.2) is 13.4 Å². The van der Waals surface area contributed by atoms with E-state index in [4.69, 9.17) is 0 Å². The van der Waals surface area contributed by atoms with Crippen LogP contribution < -0.4 is 10.2 Å². The Bertz CT molecular complexity index is 1410. The van der Waals surface area contributed by atoms with E-state index in [1.54, 1.807) is 47.5 Å². The summed E-state index contributed by atoms with van der Waals surface area (Å²) in [5, 5.41) is 2.94. The molecule has 3 aromatic rings. The molecule has 1 aromatic heterocycles. The quantitative estimate of drug-likeness (QED) is 0.525. The highest BCUT2D eigenvalue weighted by Crippen LogP contribution is 2.30. The van der Waals surface area contributed by atoms with Crippen LogP contribution >= 0.6 is 0 Å². The Morgan fingerprint density at radius 1 is 1.03 bits per heavy atom. The van der Waals surface area contributed by atoms with E-state index < -0.39 is 9.84 Å². The molecule has 1 aliphatic heterocycles. The third-order valence-corrected chi connectivity index (χ3v) is 7.88. The van der Waals surface area contributed by atoms with Gasteiger partial charge in [0, 0.05) is 50.9 Å². The Labute approximate surface area is 218 Å². The van der Waals surface area contributed by atoms with E-state index in [2.05, 4.69) is 10.3 Å². The van der Waals surface area contributed by atoms with Crippen LogP contribution in [0.1, 0.15) is 50.6 Å². The van der Waals surface area contributed by atoms with E-state index >= 15 is 0 Å². The Morgan fingerprint density at radius 2 is 1.70 bits per heavy atom. The number of aryl methyl sites for hydroxylation is 1. The van der Waals surface area contributed by atoms with Crippen molar-refractivity contribution < 1.29 is 18.0 Å². The SMILES string of the molecule is Cc1ccc(C(=O)N2CCC(c3ccc(S(C)(=O)=O)cc3)CC2)cc1NC(=O)c1cccnc1N(C)C. The van der Waals surface area contributed by atoms with Crippen molar-refractivity contribution in [3.8, 4) is 0 Å². The number of sulfone groups is 1. The summed E-state index contributed by atoms with van der Waals surface area (Å²) in [6.45, 7) is 3.10. The second-order valence-corrected chi connectivity index (χ2v) is 11.7. The van der Waals surface area contributed by atoms with Crippen molar-refractivity contribution in [2.45, 2.75) is 30.6 Å². The smallest absolute Gasteiger partial charge is 0.259 e. The number of carbonyl (C=O) groups is 2. The first-order chi connectivity index (χ1) is 17.5. The molecule has 1 saturated heterocycles. The number of pyridine rings is 1. The number of piperidine rings is 1. The zero-order valence-electron chi connectivity index (χ0n) is 21.6. The van der Waals surface area contributed by atoms with Gasteiger partial charge in [-0.3, -0.25) is 9.59 Å². The van der Waals surface area contributed by atoms with Gasteiger partial charge in [-0.05, 0) is 73.2 Å². The lowest BCUT2D eigenvalue weighted by molar-refractivity contribution is 0.0712. The molecule has 0 bridgehead atoms. The van der Waals surface area contributed by atoms with E-state index in [-0.39, 0.29) is 17.7 Å². The van der Waals surface area contributed by atoms with Gasteiger partial charge in [-0.2, -0.15) is 0 Å². The Hall–Kier alpha value is -3.72. The van der Waals surface area contributed by atoms with Crippen LogP contribution in [-0.2, 0) is 9.84 Å². The minimum Gasteiger partial charge on any atom is -0.362 e. The number of hydrogen-bond donors (Lipinski definition) is 1. The average Bonchev–Trinajstić information content (AvgIpc) is 2.89. The van der Waals surface area contributed by atoms with Crippen molar-refractivity contribution in [2.75, 3.05) is 43.7 Å². The Balaban J connectivity index is 1.43. The molecular weight excluding hydrogens is 488 g/mol. The van der Waals surface area contributed by atoms with E-state index in [1.165, 1.54) is 6.26 Å². The highest BCUT2D eigenvalue weighted by Gasteiger charge is 2.25. The first-order valence-electron chi connectivity index (χ1n) is 12.2. The van der Waals surface area contributed by atoms with Crippen molar-refractivity contribution in [1.29, 1.82) is 0 Å². The maximum absolute atomic E-state index is 13.3. The number of likely N-dealkylation sites (tertiary alicyclic amines) is 1. The molecule has 4 rings (SSSR count). The molecule has 37 heavy (non-hydrogen) atoms. The molecule has 0 saturated carbocycles. The number of hydrogen-bond acceptors (Lipinski definition) is 6. The number of benzene rings is 2. The second-order valence-electron chi connectivity index (χ2n) is 9.66. The second kappa shape index (κ2) is 10.7. The first-order valence-corrected chi connectivity index (χ1v) is 14.1. The van der Waals surface area contributed by atoms with Gasteiger partial charge in [-0.1, -0.05) is 18.2 Å². The van der Waals surface area contributed by atoms with Gasteiger partial charge >= 0.3 is 0 Å². The van der Waals surface area contributed by atoms with E-state index in [1.807, 2.05) is 44.1 Å². The van der Waals surface area contributed by atoms with Crippen molar-refractivity contribution in [2.24, 2.45) is 0 Å². The van der Waals surface area contributed by atoms with Crippen LogP contribution in [0.4, 0.5) is 11.5 Å². The van der Waals surface area contributed by atoms with Crippen LogP contribution in [-0.4, -0.2) is 63.6 Å². The van der Waals surface area contributed by atoms with Gasteiger partial charge < -0.3 is 15.1 Å². The number of nitrogens with one attached hydrogen (secondary N) is 1. The number of carbonyl (C=O) groups excluding carboxylic acids is 2. The third-order valence-electron chi connectivity index (χ3n) is 6.75. The van der Waals surface area contributed by atoms with Crippen LogP contribution in [0.15, 0.2) is 65.7 Å². The van der Waals surface area contributed by atoms with Crippen molar-refractivity contribution in [3.05, 3.63) is 83.0 Å². The number of aromatic nitrogens is 1. The van der Waals surface area contributed by atoms with Crippen LogP contribution in [0.25, 0.3) is 0 Å². The summed E-state index contributed by atoms with van der Waals surface area (Å²) in [6, 6.07) is 15.9. The van der Waals surface area contributed by atoms with E-state index in [0.29, 0.717) is 40.6 Å². The number of rotatable bonds is 6. The summed E-state index contributed by atoms with van der Waals surface area (Å²) in [5.74, 6) is 0.485. The fraction of sp³-hybridized carbons (Fsp3) is 0.321. The van der Waals surface area contributed by atoms with Crippen LogP contribution in [0.5, 0.6) is 0 Å². The minimum atomic E-state index is -3.22. The maximum atomic E-state index is 13.3. The van der Waals surface area contributed by atoms with Crippen LogP contribution in [0.2, 0.25) is 0 Å². The largest absolute Gasteiger partial charge is 0.362 e. The zero-order chi connectivity index (χ0) is 26.7. The zero-order valence-corrected chi connectivity index (χ0v) is 22.4. The summed E-state index contributed by atoms with van der Waals surface area (Å²) in [5.41, 5.74) is 3.51. The molecule has 0 unspecified atom stereocenters. The molecule has 0 radical (unpaired) electrons. The molecule has 194 valence electrons. The normalized spacial score (nSPS) is 14.3. The lowest BCUT2D eigenvalue weighted by Gasteiger charge is -2.32. The van der Waals surface area contributed by atoms with Crippen molar-refractivity contribution in [1.82, 2.24) is 9.88 Å². The maximum Gasteiger partial charge on any atom is 0.259 e. The number of amides is 2. The fourth-order valence-corrected chi connectivity index (χ4v) is 5.23. The average molecular weight is 521 g/mol. The van der Waals surface area contributed by atoms with Gasteiger partial charge in [0.05, 0.1) is 10.5 Å². The summed E-state index contributed by atoms with van der Waals surface area (Å²) < 4.78 is 23.4. The number of anilines is 2. The molecule has 2 amide bonds. The lowest BCUT2D eigenvalue weighted by Crippen LogP contribution is -2.38. The van der Waals surface area contributed by atoms with Gasteiger partial charge in [0.2, 0.25) is 0 Å². The molecular formula is C28H32N4O4S. The van der Waals surface area contributed by atoms with E-state index in [0.717, 1.165) is 24.0 Å². The predicted molar refractivity (Wildman–Crippen MR) is 145 cm³/mol. The summed E-state index contributed by atoms with van der Waals surface area (Å²) in [4.78, 5) is 34.5. The van der Waals surface area contributed by atoms with Gasteiger partial charge in [0.25, 0.3) is 11.8 Å². The molecule has 2 aromatic carbocycles. The summed E-state index contributed by atoms with van der Waals surface area (Å²) in [6.07, 6.45) is 4.44. The van der Waals surface area contributed by atoms with Crippen LogP contribution in [0, 0.1) is 6.92 Å². The molecule has 1 fully saturated rings. The van der Waals surface area contributed by atoms with Crippen LogP contribution in [0.3, 0.4) is 0 Å². The monoisotopic (exact) mass is 520 g/mol.